The van der Waals surface area contributed by atoms with Crippen molar-refractivity contribution in [2.75, 3.05) is 18.0 Å². The highest BCUT2D eigenvalue weighted by molar-refractivity contribution is 7.90. The molecule has 1 amide bonds. The second kappa shape index (κ2) is 10.2. The van der Waals surface area contributed by atoms with Crippen molar-refractivity contribution in [1.29, 1.82) is 0 Å². The molecule has 0 radical (unpaired) electrons. The minimum absolute atomic E-state index is 0.103. The molecule has 8 nitrogen and oxygen atoms in total. The average Bonchev–Trinajstić information content (AvgIpc) is 3.44. The summed E-state index contributed by atoms with van der Waals surface area (Å²) in [7, 11) is -4.31. The molecule has 1 N–H and O–H groups in total. The van der Waals surface area contributed by atoms with E-state index in [1.54, 1.807) is 18.2 Å². The van der Waals surface area contributed by atoms with Gasteiger partial charge in [-0.2, -0.15) is 8.42 Å². The monoisotopic (exact) mass is 581 g/mol. The number of sulfonamides is 1. The van der Waals surface area contributed by atoms with Crippen LogP contribution in [-0.2, 0) is 14.8 Å². The summed E-state index contributed by atoms with van der Waals surface area (Å²) in [5.41, 5.74) is -0.844. The van der Waals surface area contributed by atoms with Gasteiger partial charge in [0, 0.05) is 36.5 Å². The first kappa shape index (κ1) is 27.1. The minimum Gasteiger partial charge on any atom is -0.477 e. The quantitative estimate of drug-likeness (QED) is 0.385. The van der Waals surface area contributed by atoms with Gasteiger partial charge in [0.1, 0.15) is 17.3 Å². The molecular formula is C26H23ClF3N3O5S. The van der Waals surface area contributed by atoms with Crippen LogP contribution in [0.3, 0.4) is 0 Å². The molecule has 0 spiro atoms. The number of halogens is 4. The highest BCUT2D eigenvalue weighted by Crippen LogP contribution is 2.45. The molecule has 5 rings (SSSR count). The summed E-state index contributed by atoms with van der Waals surface area (Å²) in [4.78, 5) is 19.4. The lowest BCUT2D eigenvalue weighted by atomic mass is 10.0. The Hall–Kier alpha value is -3.51. The normalized spacial score (nSPS) is 16.6. The summed E-state index contributed by atoms with van der Waals surface area (Å²) in [5, 5.41) is -0.0378. The topological polar surface area (TPSA) is 97.8 Å². The summed E-state index contributed by atoms with van der Waals surface area (Å²) in [6.07, 6.45) is -2.46. The van der Waals surface area contributed by atoms with E-state index in [9.17, 15) is 26.4 Å². The molecule has 2 aliphatic rings. The molecule has 0 bridgehead atoms. The number of aromatic nitrogens is 1. The molecule has 1 aliphatic heterocycles. The van der Waals surface area contributed by atoms with Gasteiger partial charge in [-0.05, 0) is 60.9 Å². The van der Waals surface area contributed by atoms with Gasteiger partial charge in [-0.25, -0.2) is 9.71 Å². The number of amides is 1. The molecule has 206 valence electrons. The number of benzene rings is 2. The van der Waals surface area contributed by atoms with Gasteiger partial charge in [-0.15, -0.1) is 13.2 Å². The van der Waals surface area contributed by atoms with Crippen molar-refractivity contribution in [1.82, 2.24) is 9.71 Å². The second-order valence-electron chi connectivity index (χ2n) is 9.28. The highest BCUT2D eigenvalue weighted by Gasteiger charge is 2.54. The number of anilines is 1. The van der Waals surface area contributed by atoms with Crippen LogP contribution in [0.25, 0.3) is 11.1 Å². The summed E-state index contributed by atoms with van der Waals surface area (Å²) in [6.45, 7) is 1.54. The molecule has 13 heteroatoms. The number of pyridine rings is 1. The van der Waals surface area contributed by atoms with Crippen molar-refractivity contribution in [3.05, 3.63) is 65.7 Å². The van der Waals surface area contributed by atoms with Gasteiger partial charge >= 0.3 is 6.36 Å². The Morgan fingerprint density at radius 3 is 2.44 bits per heavy atom. The van der Waals surface area contributed by atoms with Crippen molar-refractivity contribution in [2.45, 2.75) is 42.7 Å². The first-order valence-electron chi connectivity index (χ1n) is 12.1. The molecule has 1 saturated carbocycles. The fraction of sp³-hybridized carbons (Fsp3) is 0.308. The Kier molecular flexibility index (Phi) is 7.10. The van der Waals surface area contributed by atoms with Gasteiger partial charge in [0.05, 0.1) is 0 Å². The standard InChI is InChI=1S/C26H23ClF3N3O5S/c27-18-9-10-20(17-5-3-6-19(15-17)37-26(28,29)30)21(16-18)38-25(11-12-25)24(34)32-39(35,36)23-8-4-7-22(31-23)33-13-1-2-14-33/h3-10,15-16H,1-2,11-14H2,(H,32,34). The molecule has 2 heterocycles. The van der Waals surface area contributed by atoms with Crippen molar-refractivity contribution in [3.8, 4) is 22.6 Å². The number of alkyl halides is 3. The van der Waals surface area contributed by atoms with Crippen LogP contribution in [0, 0.1) is 0 Å². The van der Waals surface area contributed by atoms with Crippen molar-refractivity contribution in [3.63, 3.8) is 0 Å². The Morgan fingerprint density at radius 1 is 1.03 bits per heavy atom. The Bertz CT molecular complexity index is 1510. The number of nitrogens with one attached hydrogen (secondary N) is 1. The third-order valence-electron chi connectivity index (χ3n) is 6.39. The maximum absolute atomic E-state index is 13.2. The van der Waals surface area contributed by atoms with Crippen LogP contribution < -0.4 is 19.1 Å². The van der Waals surface area contributed by atoms with Crippen LogP contribution in [-0.4, -0.2) is 44.4 Å². The molecular weight excluding hydrogens is 559 g/mol. The number of nitrogens with zero attached hydrogens (tertiary/aromatic N) is 2. The van der Waals surface area contributed by atoms with E-state index in [4.69, 9.17) is 16.3 Å². The summed E-state index contributed by atoms with van der Waals surface area (Å²) >= 11 is 6.14. The van der Waals surface area contributed by atoms with Crippen LogP contribution in [0.1, 0.15) is 25.7 Å². The first-order chi connectivity index (χ1) is 18.4. The van der Waals surface area contributed by atoms with E-state index in [0.717, 1.165) is 32.0 Å². The minimum atomic E-state index is -4.87. The Morgan fingerprint density at radius 2 is 1.74 bits per heavy atom. The number of carbonyl (C=O) groups is 1. The van der Waals surface area contributed by atoms with Gasteiger partial charge in [0.15, 0.2) is 10.6 Å². The van der Waals surface area contributed by atoms with Gasteiger partial charge in [-0.3, -0.25) is 4.79 Å². The van der Waals surface area contributed by atoms with E-state index in [-0.39, 0.29) is 28.6 Å². The fourth-order valence-electron chi connectivity index (χ4n) is 4.32. The zero-order chi connectivity index (χ0) is 27.8. The Balaban J connectivity index is 1.37. The van der Waals surface area contributed by atoms with Crippen molar-refractivity contribution < 1.29 is 35.9 Å². The highest BCUT2D eigenvalue weighted by atomic mass is 35.5. The molecule has 3 aromatic rings. The van der Waals surface area contributed by atoms with E-state index in [1.165, 1.54) is 36.4 Å². The number of rotatable bonds is 8. The van der Waals surface area contributed by atoms with Crippen LogP contribution >= 0.6 is 11.6 Å². The largest absolute Gasteiger partial charge is 0.573 e. The predicted octanol–water partition coefficient (Wildman–Crippen LogP) is 5.32. The lowest BCUT2D eigenvalue weighted by Crippen LogP contribution is -2.43. The molecule has 1 aromatic heterocycles. The molecule has 1 aliphatic carbocycles. The van der Waals surface area contributed by atoms with Gasteiger partial charge in [0.25, 0.3) is 15.9 Å². The average molecular weight is 582 g/mol. The van der Waals surface area contributed by atoms with Crippen LogP contribution in [0.4, 0.5) is 19.0 Å². The number of hydrogen-bond donors (Lipinski definition) is 1. The predicted molar refractivity (Wildman–Crippen MR) is 137 cm³/mol. The third-order valence-corrected chi connectivity index (χ3v) is 7.85. The van der Waals surface area contributed by atoms with Crippen LogP contribution in [0.15, 0.2) is 65.7 Å². The SMILES string of the molecule is O=C(NS(=O)(=O)c1cccc(N2CCCC2)n1)C1(Oc2cc(Cl)ccc2-c2cccc(OC(F)(F)F)c2)CC1. The maximum atomic E-state index is 13.2. The van der Waals surface area contributed by atoms with E-state index in [1.807, 2.05) is 4.90 Å². The summed E-state index contributed by atoms with van der Waals surface area (Å²) in [6, 6.07) is 14.3. The lowest BCUT2D eigenvalue weighted by Gasteiger charge is -2.21. The molecule has 0 unspecified atom stereocenters. The number of carbonyl (C=O) groups excluding carboxylic acids is 1. The van der Waals surface area contributed by atoms with Crippen molar-refractivity contribution >= 4 is 33.3 Å². The van der Waals surface area contributed by atoms with Crippen molar-refractivity contribution in [2.24, 2.45) is 0 Å². The molecule has 2 aromatic carbocycles. The van der Waals surface area contributed by atoms with E-state index in [0.29, 0.717) is 16.9 Å². The molecule has 0 atom stereocenters. The van der Waals surface area contributed by atoms with Crippen LogP contribution in [0.2, 0.25) is 5.02 Å². The zero-order valence-electron chi connectivity index (χ0n) is 20.4. The Labute approximate surface area is 227 Å². The van der Waals surface area contributed by atoms with Gasteiger partial charge in [0.2, 0.25) is 0 Å². The smallest absolute Gasteiger partial charge is 0.477 e. The molecule has 2 fully saturated rings. The van der Waals surface area contributed by atoms with E-state index in [2.05, 4.69) is 14.4 Å². The van der Waals surface area contributed by atoms with E-state index >= 15 is 0 Å². The second-order valence-corrected chi connectivity index (χ2v) is 11.3. The van der Waals surface area contributed by atoms with Crippen LogP contribution in [0.5, 0.6) is 11.5 Å². The third kappa shape index (κ3) is 6.22. The molecule has 39 heavy (non-hydrogen) atoms. The number of ether oxygens (including phenoxy) is 2. The molecule has 1 saturated heterocycles. The summed E-state index contributed by atoms with van der Waals surface area (Å²) < 4.78 is 76.3. The lowest BCUT2D eigenvalue weighted by molar-refractivity contribution is -0.274. The first-order valence-corrected chi connectivity index (χ1v) is 13.9. The zero-order valence-corrected chi connectivity index (χ0v) is 21.9. The maximum Gasteiger partial charge on any atom is 0.573 e. The van der Waals surface area contributed by atoms with E-state index < -0.39 is 33.6 Å². The number of hydrogen-bond acceptors (Lipinski definition) is 7. The summed E-state index contributed by atoms with van der Waals surface area (Å²) in [5.74, 6) is -0.697. The van der Waals surface area contributed by atoms with Gasteiger partial charge < -0.3 is 14.4 Å². The fourth-order valence-corrected chi connectivity index (χ4v) is 5.49. The van der Waals surface area contributed by atoms with Gasteiger partial charge in [-0.1, -0.05) is 29.8 Å².